The SMILES string of the molecule is CC(C)COc1ccc(C(=O)Nc2ccc(NC(=O)CCc3ccccc3)cc2)cc1. The number of anilines is 2. The molecule has 0 bridgehead atoms. The first-order valence-corrected chi connectivity index (χ1v) is 10.5. The topological polar surface area (TPSA) is 67.4 Å². The van der Waals surface area contributed by atoms with E-state index in [-0.39, 0.29) is 11.8 Å². The molecule has 0 aliphatic rings. The lowest BCUT2D eigenvalue weighted by Gasteiger charge is -2.10. The summed E-state index contributed by atoms with van der Waals surface area (Å²) in [7, 11) is 0. The fraction of sp³-hybridized carbons (Fsp3) is 0.231. The summed E-state index contributed by atoms with van der Waals surface area (Å²) in [5.41, 5.74) is 3.04. The summed E-state index contributed by atoms with van der Waals surface area (Å²) in [6.07, 6.45) is 1.11. The third-order valence-corrected chi connectivity index (χ3v) is 4.61. The molecule has 5 heteroatoms. The van der Waals surface area contributed by atoms with Crippen LogP contribution in [0.1, 0.15) is 36.2 Å². The molecule has 0 saturated carbocycles. The number of benzene rings is 3. The molecule has 3 aromatic carbocycles. The number of rotatable bonds is 9. The molecule has 160 valence electrons. The minimum Gasteiger partial charge on any atom is -0.493 e. The van der Waals surface area contributed by atoms with Gasteiger partial charge < -0.3 is 15.4 Å². The molecule has 3 rings (SSSR count). The second kappa shape index (κ2) is 11.0. The Balaban J connectivity index is 1.48. The van der Waals surface area contributed by atoms with Gasteiger partial charge in [0.05, 0.1) is 6.61 Å². The summed E-state index contributed by atoms with van der Waals surface area (Å²) in [4.78, 5) is 24.6. The van der Waals surface area contributed by atoms with E-state index in [2.05, 4.69) is 24.5 Å². The molecule has 0 aromatic heterocycles. The van der Waals surface area contributed by atoms with Crippen LogP contribution in [0.5, 0.6) is 5.75 Å². The Morgan fingerprint density at radius 1 is 0.806 bits per heavy atom. The van der Waals surface area contributed by atoms with E-state index in [4.69, 9.17) is 4.74 Å². The molecule has 0 atom stereocenters. The van der Waals surface area contributed by atoms with E-state index in [0.29, 0.717) is 42.3 Å². The molecule has 2 N–H and O–H groups in total. The van der Waals surface area contributed by atoms with E-state index in [0.717, 1.165) is 11.3 Å². The van der Waals surface area contributed by atoms with Gasteiger partial charge in [-0.25, -0.2) is 0 Å². The van der Waals surface area contributed by atoms with E-state index in [1.165, 1.54) is 0 Å². The molecule has 0 fully saturated rings. The minimum absolute atomic E-state index is 0.0413. The van der Waals surface area contributed by atoms with E-state index in [9.17, 15) is 9.59 Å². The van der Waals surface area contributed by atoms with Crippen molar-refractivity contribution in [2.75, 3.05) is 17.2 Å². The molecule has 31 heavy (non-hydrogen) atoms. The van der Waals surface area contributed by atoms with Crippen molar-refractivity contribution >= 4 is 23.2 Å². The van der Waals surface area contributed by atoms with Crippen molar-refractivity contribution in [1.82, 2.24) is 0 Å². The van der Waals surface area contributed by atoms with Crippen LogP contribution in [0, 0.1) is 5.92 Å². The van der Waals surface area contributed by atoms with Gasteiger partial charge >= 0.3 is 0 Å². The van der Waals surface area contributed by atoms with Crippen molar-refractivity contribution in [3.8, 4) is 5.75 Å². The third-order valence-electron chi connectivity index (χ3n) is 4.61. The van der Waals surface area contributed by atoms with Gasteiger partial charge in [-0.15, -0.1) is 0 Å². The third kappa shape index (κ3) is 7.30. The van der Waals surface area contributed by atoms with Crippen molar-refractivity contribution in [3.05, 3.63) is 90.0 Å². The molecule has 0 unspecified atom stereocenters. The maximum absolute atomic E-state index is 12.5. The van der Waals surface area contributed by atoms with Gasteiger partial charge in [0, 0.05) is 23.4 Å². The average Bonchev–Trinajstić information content (AvgIpc) is 2.78. The number of carbonyl (C=O) groups excluding carboxylic acids is 2. The van der Waals surface area contributed by atoms with E-state index in [1.807, 2.05) is 30.3 Å². The van der Waals surface area contributed by atoms with Crippen LogP contribution in [0.3, 0.4) is 0 Å². The second-order valence-corrected chi connectivity index (χ2v) is 7.79. The van der Waals surface area contributed by atoms with Crippen molar-refractivity contribution in [3.63, 3.8) is 0 Å². The molecule has 0 spiro atoms. The highest BCUT2D eigenvalue weighted by molar-refractivity contribution is 6.04. The van der Waals surface area contributed by atoms with Gasteiger partial charge in [-0.3, -0.25) is 9.59 Å². The lowest BCUT2D eigenvalue weighted by Crippen LogP contribution is -2.13. The van der Waals surface area contributed by atoms with Gasteiger partial charge in [0.25, 0.3) is 5.91 Å². The minimum atomic E-state index is -0.199. The van der Waals surface area contributed by atoms with Gasteiger partial charge in [-0.2, -0.15) is 0 Å². The Morgan fingerprint density at radius 3 is 2.03 bits per heavy atom. The second-order valence-electron chi connectivity index (χ2n) is 7.79. The molecule has 0 saturated heterocycles. The summed E-state index contributed by atoms with van der Waals surface area (Å²) >= 11 is 0. The van der Waals surface area contributed by atoms with E-state index < -0.39 is 0 Å². The molecular weight excluding hydrogens is 388 g/mol. The van der Waals surface area contributed by atoms with Crippen LogP contribution in [0.2, 0.25) is 0 Å². The lowest BCUT2D eigenvalue weighted by atomic mass is 10.1. The Morgan fingerprint density at radius 2 is 1.42 bits per heavy atom. The van der Waals surface area contributed by atoms with Crippen molar-refractivity contribution in [2.45, 2.75) is 26.7 Å². The van der Waals surface area contributed by atoms with Gasteiger partial charge in [0.15, 0.2) is 0 Å². The van der Waals surface area contributed by atoms with Gasteiger partial charge in [0.2, 0.25) is 5.91 Å². The number of aryl methyl sites for hydroxylation is 1. The number of amides is 2. The molecule has 0 aliphatic heterocycles. The number of ether oxygens (including phenoxy) is 1. The number of hydrogen-bond acceptors (Lipinski definition) is 3. The standard InChI is InChI=1S/C26H28N2O3/c1-19(2)18-31-24-15-9-21(10-16-24)26(30)28-23-13-11-22(12-14-23)27-25(29)17-8-20-6-4-3-5-7-20/h3-7,9-16,19H,8,17-18H2,1-2H3,(H,27,29)(H,28,30). The van der Waals surface area contributed by atoms with Crippen molar-refractivity contribution < 1.29 is 14.3 Å². The molecule has 0 aliphatic carbocycles. The number of hydrogen-bond donors (Lipinski definition) is 2. The molecule has 3 aromatic rings. The number of nitrogens with one attached hydrogen (secondary N) is 2. The van der Waals surface area contributed by atoms with Crippen LogP contribution in [0.4, 0.5) is 11.4 Å². The summed E-state index contributed by atoms with van der Waals surface area (Å²) in [6.45, 7) is 4.81. The van der Waals surface area contributed by atoms with Crippen LogP contribution in [0.15, 0.2) is 78.9 Å². The first kappa shape index (κ1) is 22.1. The largest absolute Gasteiger partial charge is 0.493 e. The number of carbonyl (C=O) groups is 2. The molecule has 5 nitrogen and oxygen atoms in total. The Labute approximate surface area is 183 Å². The first-order valence-electron chi connectivity index (χ1n) is 10.5. The monoisotopic (exact) mass is 416 g/mol. The maximum atomic E-state index is 12.5. The summed E-state index contributed by atoms with van der Waals surface area (Å²) in [6, 6.07) is 24.1. The zero-order chi connectivity index (χ0) is 22.1. The average molecular weight is 417 g/mol. The van der Waals surface area contributed by atoms with E-state index in [1.54, 1.807) is 48.5 Å². The normalized spacial score (nSPS) is 10.5. The van der Waals surface area contributed by atoms with E-state index >= 15 is 0 Å². The predicted octanol–water partition coefficient (Wildman–Crippen LogP) is 5.55. The molecule has 2 amide bonds. The summed E-state index contributed by atoms with van der Waals surface area (Å²) < 4.78 is 5.64. The quantitative estimate of drug-likeness (QED) is 0.481. The maximum Gasteiger partial charge on any atom is 0.255 e. The fourth-order valence-electron chi connectivity index (χ4n) is 2.93. The van der Waals surface area contributed by atoms with Crippen molar-refractivity contribution in [1.29, 1.82) is 0 Å². The zero-order valence-electron chi connectivity index (χ0n) is 17.9. The van der Waals surface area contributed by atoms with Crippen LogP contribution >= 0.6 is 0 Å². The van der Waals surface area contributed by atoms with Crippen molar-refractivity contribution in [2.24, 2.45) is 5.92 Å². The van der Waals surface area contributed by atoms with Crippen LogP contribution < -0.4 is 15.4 Å². The summed E-state index contributed by atoms with van der Waals surface area (Å²) in [5, 5.41) is 5.75. The molecule has 0 radical (unpaired) electrons. The molecular formula is C26H28N2O3. The Bertz CT molecular complexity index is 981. The lowest BCUT2D eigenvalue weighted by molar-refractivity contribution is -0.116. The van der Waals surface area contributed by atoms with Gasteiger partial charge in [-0.05, 0) is 66.4 Å². The van der Waals surface area contributed by atoms with Crippen LogP contribution in [-0.2, 0) is 11.2 Å². The zero-order valence-corrected chi connectivity index (χ0v) is 17.9. The molecule has 0 heterocycles. The highest BCUT2D eigenvalue weighted by Crippen LogP contribution is 2.17. The Hall–Kier alpha value is -3.60. The highest BCUT2D eigenvalue weighted by Gasteiger charge is 2.08. The smallest absolute Gasteiger partial charge is 0.255 e. The van der Waals surface area contributed by atoms with Crippen LogP contribution in [-0.4, -0.2) is 18.4 Å². The highest BCUT2D eigenvalue weighted by atomic mass is 16.5. The van der Waals surface area contributed by atoms with Crippen LogP contribution in [0.25, 0.3) is 0 Å². The summed E-state index contributed by atoms with van der Waals surface area (Å²) in [5.74, 6) is 0.952. The van der Waals surface area contributed by atoms with Gasteiger partial charge in [0.1, 0.15) is 5.75 Å². The van der Waals surface area contributed by atoms with Gasteiger partial charge in [-0.1, -0.05) is 44.2 Å². The Kier molecular flexibility index (Phi) is 7.82. The first-order chi connectivity index (χ1) is 15.0. The fourth-order valence-corrected chi connectivity index (χ4v) is 2.93. The predicted molar refractivity (Wildman–Crippen MR) is 125 cm³/mol.